The van der Waals surface area contributed by atoms with E-state index in [1.807, 2.05) is 31.3 Å². The minimum atomic E-state index is -0.538. The van der Waals surface area contributed by atoms with E-state index < -0.39 is 6.10 Å². The van der Waals surface area contributed by atoms with Gasteiger partial charge in [0.1, 0.15) is 5.75 Å². The zero-order chi connectivity index (χ0) is 15.2. The highest BCUT2D eigenvalue weighted by molar-refractivity contribution is 5.54. The Morgan fingerprint density at radius 3 is 2.52 bits per heavy atom. The smallest absolute Gasteiger partial charge is 0.141 e. The molecular weight excluding hydrogens is 264 g/mol. The van der Waals surface area contributed by atoms with Crippen LogP contribution in [0, 0.1) is 0 Å². The molecule has 4 nitrogen and oxygen atoms in total. The number of nitrogen functional groups attached to an aromatic ring is 1. The number of nitrogens with two attached hydrogens (primary N) is 1. The molecule has 0 aliphatic heterocycles. The predicted octanol–water partition coefficient (Wildman–Crippen LogP) is 2.84. The maximum Gasteiger partial charge on any atom is 0.141 e. The lowest BCUT2D eigenvalue weighted by atomic mass is 10.1. The minimum Gasteiger partial charge on any atom is -0.495 e. The fourth-order valence-electron chi connectivity index (χ4n) is 2.25. The van der Waals surface area contributed by atoms with Crippen molar-refractivity contribution >= 4 is 11.4 Å². The number of hydrogen-bond acceptors (Lipinski definition) is 4. The quantitative estimate of drug-likeness (QED) is 0.802. The van der Waals surface area contributed by atoms with Crippen molar-refractivity contribution in [2.75, 3.05) is 31.3 Å². The predicted molar refractivity (Wildman–Crippen MR) is 86.7 cm³/mol. The lowest BCUT2D eigenvalue weighted by molar-refractivity contribution is 0.170. The van der Waals surface area contributed by atoms with E-state index >= 15 is 0 Å². The van der Waals surface area contributed by atoms with Crippen LogP contribution in [0.1, 0.15) is 18.1 Å². The summed E-state index contributed by atoms with van der Waals surface area (Å²) in [5, 5.41) is 10.3. The molecule has 0 fully saturated rings. The number of benzene rings is 2. The monoisotopic (exact) mass is 286 g/mol. The topological polar surface area (TPSA) is 58.7 Å². The Kier molecular flexibility index (Phi) is 5.06. The Balaban J connectivity index is 1.95. The van der Waals surface area contributed by atoms with Crippen LogP contribution in [0.15, 0.2) is 48.5 Å². The van der Waals surface area contributed by atoms with E-state index in [0.717, 1.165) is 17.8 Å². The Morgan fingerprint density at radius 2 is 1.90 bits per heavy atom. The molecule has 2 aromatic rings. The van der Waals surface area contributed by atoms with Crippen LogP contribution < -0.4 is 15.4 Å². The average molecular weight is 286 g/mol. The first-order valence-electron chi connectivity index (χ1n) is 6.99. The van der Waals surface area contributed by atoms with E-state index in [4.69, 9.17) is 10.5 Å². The Bertz CT molecular complexity index is 572. The number of para-hydroxylation sites is 1. The molecule has 1 unspecified atom stereocenters. The first-order chi connectivity index (χ1) is 10.1. The van der Waals surface area contributed by atoms with E-state index in [-0.39, 0.29) is 0 Å². The number of methoxy groups -OCH3 is 1. The van der Waals surface area contributed by atoms with E-state index in [1.54, 1.807) is 19.2 Å². The summed E-state index contributed by atoms with van der Waals surface area (Å²) >= 11 is 0. The maximum atomic E-state index is 10.3. The summed E-state index contributed by atoms with van der Waals surface area (Å²) in [6.07, 6.45) is 0.0985. The van der Waals surface area contributed by atoms with Gasteiger partial charge in [-0.2, -0.15) is 0 Å². The van der Waals surface area contributed by atoms with Crippen LogP contribution in [-0.4, -0.2) is 25.8 Å². The molecule has 21 heavy (non-hydrogen) atoms. The third-order valence-corrected chi connectivity index (χ3v) is 3.57. The lowest BCUT2D eigenvalue weighted by Gasteiger charge is -2.21. The molecule has 2 aromatic carbocycles. The van der Waals surface area contributed by atoms with Gasteiger partial charge in [-0.05, 0) is 36.2 Å². The van der Waals surface area contributed by atoms with Crippen molar-refractivity contribution in [2.24, 2.45) is 0 Å². The maximum absolute atomic E-state index is 10.3. The fourth-order valence-corrected chi connectivity index (χ4v) is 2.25. The molecule has 0 saturated carbocycles. The van der Waals surface area contributed by atoms with Crippen molar-refractivity contribution in [3.8, 4) is 5.75 Å². The zero-order valence-electron chi connectivity index (χ0n) is 12.5. The second-order valence-corrected chi connectivity index (χ2v) is 5.06. The van der Waals surface area contributed by atoms with Gasteiger partial charge < -0.3 is 20.5 Å². The highest BCUT2D eigenvalue weighted by atomic mass is 16.5. The second kappa shape index (κ2) is 6.99. The molecule has 1 atom stereocenters. The van der Waals surface area contributed by atoms with Crippen LogP contribution in [0.5, 0.6) is 5.75 Å². The van der Waals surface area contributed by atoms with Crippen molar-refractivity contribution in [2.45, 2.75) is 12.5 Å². The van der Waals surface area contributed by atoms with Gasteiger partial charge in [0.15, 0.2) is 0 Å². The van der Waals surface area contributed by atoms with Crippen molar-refractivity contribution in [1.29, 1.82) is 0 Å². The SMILES string of the molecule is COc1ccc(C(O)CCN(C)c2ccccc2)cc1N. The normalized spacial score (nSPS) is 12.0. The first kappa shape index (κ1) is 15.2. The van der Waals surface area contributed by atoms with Crippen molar-refractivity contribution in [3.05, 3.63) is 54.1 Å². The Morgan fingerprint density at radius 1 is 1.19 bits per heavy atom. The molecule has 0 amide bonds. The summed E-state index contributed by atoms with van der Waals surface area (Å²) in [6, 6.07) is 15.5. The van der Waals surface area contributed by atoms with Crippen LogP contribution in [0.2, 0.25) is 0 Å². The molecule has 0 radical (unpaired) electrons. The highest BCUT2D eigenvalue weighted by Crippen LogP contribution is 2.27. The van der Waals surface area contributed by atoms with Gasteiger partial charge in [-0.15, -0.1) is 0 Å². The summed E-state index contributed by atoms with van der Waals surface area (Å²) in [4.78, 5) is 2.12. The molecule has 0 heterocycles. The summed E-state index contributed by atoms with van der Waals surface area (Å²) < 4.78 is 5.12. The second-order valence-electron chi connectivity index (χ2n) is 5.06. The average Bonchev–Trinajstić information content (AvgIpc) is 2.53. The molecule has 0 aliphatic carbocycles. The number of hydrogen-bond donors (Lipinski definition) is 2. The van der Waals surface area contributed by atoms with Gasteiger partial charge in [0.2, 0.25) is 0 Å². The van der Waals surface area contributed by atoms with Gasteiger partial charge in [-0.1, -0.05) is 24.3 Å². The molecule has 112 valence electrons. The number of aliphatic hydroxyl groups excluding tert-OH is 1. The summed E-state index contributed by atoms with van der Waals surface area (Å²) in [5.74, 6) is 0.632. The fraction of sp³-hybridized carbons (Fsp3) is 0.294. The number of anilines is 2. The largest absolute Gasteiger partial charge is 0.495 e. The molecule has 0 saturated heterocycles. The third-order valence-electron chi connectivity index (χ3n) is 3.57. The van der Waals surface area contributed by atoms with Crippen molar-refractivity contribution in [3.63, 3.8) is 0 Å². The molecule has 0 aromatic heterocycles. The van der Waals surface area contributed by atoms with Crippen LogP contribution in [0.25, 0.3) is 0 Å². The third kappa shape index (κ3) is 3.89. The summed E-state index contributed by atoms with van der Waals surface area (Å²) in [5.41, 5.74) is 8.37. The first-order valence-corrected chi connectivity index (χ1v) is 6.99. The number of nitrogens with zero attached hydrogens (tertiary/aromatic N) is 1. The summed E-state index contributed by atoms with van der Waals surface area (Å²) in [6.45, 7) is 0.761. The molecule has 3 N–H and O–H groups in total. The van der Waals surface area contributed by atoms with Crippen LogP contribution in [0.4, 0.5) is 11.4 Å². The van der Waals surface area contributed by atoms with E-state index in [1.165, 1.54) is 0 Å². The number of rotatable bonds is 6. The standard InChI is InChI=1S/C17H22N2O2/c1-19(14-6-4-3-5-7-14)11-10-16(20)13-8-9-17(21-2)15(18)12-13/h3-9,12,16,20H,10-11,18H2,1-2H3. The van der Waals surface area contributed by atoms with E-state index in [2.05, 4.69) is 17.0 Å². The molecule has 2 rings (SSSR count). The van der Waals surface area contributed by atoms with Gasteiger partial charge in [0, 0.05) is 19.3 Å². The van der Waals surface area contributed by atoms with Crippen LogP contribution >= 0.6 is 0 Å². The molecule has 0 bridgehead atoms. The summed E-state index contributed by atoms with van der Waals surface area (Å²) in [7, 11) is 3.60. The van der Waals surface area contributed by atoms with Crippen LogP contribution in [0.3, 0.4) is 0 Å². The lowest BCUT2D eigenvalue weighted by Crippen LogP contribution is -2.20. The number of aliphatic hydroxyl groups is 1. The van der Waals surface area contributed by atoms with Gasteiger partial charge in [0.05, 0.1) is 18.9 Å². The highest BCUT2D eigenvalue weighted by Gasteiger charge is 2.11. The number of ether oxygens (including phenoxy) is 1. The van der Waals surface area contributed by atoms with E-state index in [9.17, 15) is 5.11 Å². The van der Waals surface area contributed by atoms with Gasteiger partial charge in [-0.25, -0.2) is 0 Å². The van der Waals surface area contributed by atoms with Crippen molar-refractivity contribution in [1.82, 2.24) is 0 Å². The van der Waals surface area contributed by atoms with Gasteiger partial charge in [0.25, 0.3) is 0 Å². The molecule has 0 spiro atoms. The molecule has 4 heteroatoms. The Hall–Kier alpha value is -2.20. The van der Waals surface area contributed by atoms with Gasteiger partial charge >= 0.3 is 0 Å². The molecule has 0 aliphatic rings. The van der Waals surface area contributed by atoms with Gasteiger partial charge in [-0.3, -0.25) is 0 Å². The minimum absolute atomic E-state index is 0.538. The Labute approximate surface area is 125 Å². The van der Waals surface area contributed by atoms with Crippen molar-refractivity contribution < 1.29 is 9.84 Å². The molecular formula is C17H22N2O2. The van der Waals surface area contributed by atoms with E-state index in [0.29, 0.717) is 17.9 Å². The van der Waals surface area contributed by atoms with Crippen LogP contribution in [-0.2, 0) is 0 Å². The zero-order valence-corrected chi connectivity index (χ0v) is 12.5.